The largest absolute Gasteiger partial charge is 0.341 e. The lowest BCUT2D eigenvalue weighted by Gasteiger charge is -2.27. The number of amides is 1. The van der Waals surface area contributed by atoms with Crippen molar-refractivity contribution < 1.29 is 13.2 Å². The number of carbonyl (C=O) groups excluding carboxylic acids is 1. The van der Waals surface area contributed by atoms with Crippen LogP contribution in [0.1, 0.15) is 38.4 Å². The second kappa shape index (κ2) is 6.79. The van der Waals surface area contributed by atoms with E-state index >= 15 is 0 Å². The van der Waals surface area contributed by atoms with Crippen molar-refractivity contribution in [2.75, 3.05) is 13.1 Å². The summed E-state index contributed by atoms with van der Waals surface area (Å²) in [6.45, 7) is 3.64. The number of aromatic nitrogens is 2. The SMILES string of the molecule is CCCc1nc(S(=O)(=O)Cl)cn1CC(=O)N1CCCCC1. The smallest absolute Gasteiger partial charge is 0.280 e. The maximum absolute atomic E-state index is 12.3. The molecule has 0 unspecified atom stereocenters. The minimum atomic E-state index is -3.87. The van der Waals surface area contributed by atoms with Crippen molar-refractivity contribution in [3.63, 3.8) is 0 Å². The van der Waals surface area contributed by atoms with Gasteiger partial charge in [0, 0.05) is 36.4 Å². The standard InChI is InChI=1S/C13H20ClN3O3S/c1-2-6-11-15-12(21(14,19)20)9-17(11)10-13(18)16-7-4-3-5-8-16/h9H,2-8,10H2,1H3. The van der Waals surface area contributed by atoms with Crippen LogP contribution in [-0.2, 0) is 26.8 Å². The molecule has 1 saturated heterocycles. The molecule has 1 aliphatic heterocycles. The van der Waals surface area contributed by atoms with Gasteiger partial charge in [-0.25, -0.2) is 13.4 Å². The molecule has 0 radical (unpaired) electrons. The van der Waals surface area contributed by atoms with E-state index in [4.69, 9.17) is 10.7 Å². The molecule has 1 aromatic heterocycles. The molecule has 0 aliphatic carbocycles. The third kappa shape index (κ3) is 4.20. The summed E-state index contributed by atoms with van der Waals surface area (Å²) in [5, 5.41) is -0.181. The molecule has 1 amide bonds. The van der Waals surface area contributed by atoms with E-state index < -0.39 is 9.05 Å². The molecule has 0 spiro atoms. The minimum absolute atomic E-state index is 0.00275. The topological polar surface area (TPSA) is 72.3 Å². The molecule has 1 aliphatic rings. The van der Waals surface area contributed by atoms with Crippen LogP contribution >= 0.6 is 10.7 Å². The van der Waals surface area contributed by atoms with E-state index in [-0.39, 0.29) is 17.5 Å². The van der Waals surface area contributed by atoms with Gasteiger partial charge in [0.15, 0.2) is 5.03 Å². The zero-order chi connectivity index (χ0) is 15.5. The van der Waals surface area contributed by atoms with Gasteiger partial charge in [0.05, 0.1) is 0 Å². The van der Waals surface area contributed by atoms with Crippen LogP contribution in [0.4, 0.5) is 0 Å². The van der Waals surface area contributed by atoms with Crippen LogP contribution in [0.2, 0.25) is 0 Å². The van der Waals surface area contributed by atoms with Crippen LogP contribution in [0.5, 0.6) is 0 Å². The normalized spacial score (nSPS) is 16.2. The third-order valence-corrected chi connectivity index (χ3v) is 4.75. The fraction of sp³-hybridized carbons (Fsp3) is 0.692. The summed E-state index contributed by atoms with van der Waals surface area (Å²) in [5.74, 6) is 0.588. The van der Waals surface area contributed by atoms with Crippen molar-refractivity contribution in [3.05, 3.63) is 12.0 Å². The molecule has 1 aromatic rings. The number of hydrogen-bond acceptors (Lipinski definition) is 4. The lowest BCUT2D eigenvalue weighted by molar-refractivity contribution is -0.132. The Balaban J connectivity index is 2.17. The highest BCUT2D eigenvalue weighted by Gasteiger charge is 2.21. The van der Waals surface area contributed by atoms with Crippen molar-refractivity contribution in [2.24, 2.45) is 0 Å². The Morgan fingerprint density at radius 3 is 2.57 bits per heavy atom. The molecule has 0 N–H and O–H groups in total. The summed E-state index contributed by atoms with van der Waals surface area (Å²) in [6, 6.07) is 0. The fourth-order valence-corrected chi connectivity index (χ4v) is 3.19. The second-order valence-corrected chi connectivity index (χ2v) is 7.77. The third-order valence-electron chi connectivity index (χ3n) is 3.57. The van der Waals surface area contributed by atoms with Crippen LogP contribution in [0, 0.1) is 0 Å². The zero-order valence-electron chi connectivity index (χ0n) is 12.1. The van der Waals surface area contributed by atoms with Gasteiger partial charge in [-0.05, 0) is 25.7 Å². The maximum Gasteiger partial charge on any atom is 0.280 e. The maximum atomic E-state index is 12.3. The molecule has 2 heterocycles. The molecule has 0 saturated carbocycles. The van der Waals surface area contributed by atoms with Crippen LogP contribution < -0.4 is 0 Å². The summed E-state index contributed by atoms with van der Waals surface area (Å²) in [7, 11) is 1.46. The lowest BCUT2D eigenvalue weighted by atomic mass is 10.1. The summed E-state index contributed by atoms with van der Waals surface area (Å²) < 4.78 is 24.4. The second-order valence-electron chi connectivity index (χ2n) is 5.25. The summed E-state index contributed by atoms with van der Waals surface area (Å²) in [5.41, 5.74) is 0. The molecule has 118 valence electrons. The van der Waals surface area contributed by atoms with Crippen molar-refractivity contribution in [1.29, 1.82) is 0 Å². The number of likely N-dealkylation sites (tertiary alicyclic amines) is 1. The summed E-state index contributed by atoms with van der Waals surface area (Å²) >= 11 is 0. The van der Waals surface area contributed by atoms with Crippen molar-refractivity contribution in [3.8, 4) is 0 Å². The highest BCUT2D eigenvalue weighted by molar-refractivity contribution is 8.13. The first-order valence-corrected chi connectivity index (χ1v) is 9.51. The summed E-state index contributed by atoms with van der Waals surface area (Å²) in [6.07, 6.45) is 5.99. The van der Waals surface area contributed by atoms with E-state index in [0.29, 0.717) is 12.2 Å². The Kier molecular flexibility index (Phi) is 5.27. The quantitative estimate of drug-likeness (QED) is 0.770. The van der Waals surface area contributed by atoms with Crippen LogP contribution in [0.15, 0.2) is 11.2 Å². The number of piperidine rings is 1. The van der Waals surface area contributed by atoms with Gasteiger partial charge < -0.3 is 9.47 Å². The number of carbonyl (C=O) groups is 1. The number of halogens is 1. The minimum Gasteiger partial charge on any atom is -0.341 e. The molecule has 21 heavy (non-hydrogen) atoms. The first-order valence-electron chi connectivity index (χ1n) is 7.20. The lowest BCUT2D eigenvalue weighted by Crippen LogP contribution is -2.37. The molecule has 0 atom stereocenters. The molecule has 8 heteroatoms. The molecule has 0 bridgehead atoms. The Bertz CT molecular complexity index is 606. The van der Waals surface area contributed by atoms with Gasteiger partial charge in [-0.3, -0.25) is 4.79 Å². The van der Waals surface area contributed by atoms with Crippen LogP contribution in [0.3, 0.4) is 0 Å². The molecular weight excluding hydrogens is 314 g/mol. The van der Waals surface area contributed by atoms with Crippen LogP contribution in [-0.4, -0.2) is 41.9 Å². The Morgan fingerprint density at radius 2 is 2.00 bits per heavy atom. The fourth-order valence-electron chi connectivity index (χ4n) is 2.49. The van der Waals surface area contributed by atoms with E-state index in [1.165, 1.54) is 6.20 Å². The van der Waals surface area contributed by atoms with Gasteiger partial charge in [-0.1, -0.05) is 6.92 Å². The van der Waals surface area contributed by atoms with Gasteiger partial charge >= 0.3 is 0 Å². The molecule has 2 rings (SSSR count). The van der Waals surface area contributed by atoms with Crippen molar-refractivity contribution in [2.45, 2.75) is 50.6 Å². The van der Waals surface area contributed by atoms with E-state index in [1.807, 2.05) is 11.8 Å². The Hall–Kier alpha value is -1.08. The predicted octanol–water partition coefficient (Wildman–Crippen LogP) is 1.78. The monoisotopic (exact) mass is 333 g/mol. The molecule has 1 fully saturated rings. The van der Waals surface area contributed by atoms with Crippen molar-refractivity contribution >= 4 is 25.6 Å². The van der Waals surface area contributed by atoms with Gasteiger partial charge in [-0.15, -0.1) is 0 Å². The van der Waals surface area contributed by atoms with Gasteiger partial charge in [0.25, 0.3) is 9.05 Å². The van der Waals surface area contributed by atoms with E-state index in [1.54, 1.807) is 4.57 Å². The van der Waals surface area contributed by atoms with E-state index in [2.05, 4.69) is 4.98 Å². The Labute approximate surface area is 129 Å². The van der Waals surface area contributed by atoms with Crippen LogP contribution in [0.25, 0.3) is 0 Å². The number of hydrogen-bond donors (Lipinski definition) is 0. The molecule has 6 nitrogen and oxygen atoms in total. The summed E-state index contributed by atoms with van der Waals surface area (Å²) in [4.78, 5) is 18.1. The highest BCUT2D eigenvalue weighted by Crippen LogP contribution is 2.16. The van der Waals surface area contributed by atoms with Gasteiger partial charge in [-0.2, -0.15) is 0 Å². The number of nitrogens with zero attached hydrogens (tertiary/aromatic N) is 3. The predicted molar refractivity (Wildman–Crippen MR) is 79.7 cm³/mol. The number of aryl methyl sites for hydroxylation is 1. The highest BCUT2D eigenvalue weighted by atomic mass is 35.7. The molecular formula is C13H20ClN3O3S. The van der Waals surface area contributed by atoms with Gasteiger partial charge in [0.2, 0.25) is 5.91 Å². The Morgan fingerprint density at radius 1 is 1.33 bits per heavy atom. The van der Waals surface area contributed by atoms with Gasteiger partial charge in [0.1, 0.15) is 12.4 Å². The number of rotatable bonds is 5. The van der Waals surface area contributed by atoms with E-state index in [0.717, 1.165) is 38.8 Å². The first kappa shape index (κ1) is 16.3. The molecule has 0 aromatic carbocycles. The average molecular weight is 334 g/mol. The number of imidazole rings is 1. The first-order chi connectivity index (χ1) is 9.91. The van der Waals surface area contributed by atoms with Crippen molar-refractivity contribution in [1.82, 2.24) is 14.5 Å². The average Bonchev–Trinajstić information content (AvgIpc) is 2.83. The van der Waals surface area contributed by atoms with E-state index in [9.17, 15) is 13.2 Å². The zero-order valence-corrected chi connectivity index (χ0v) is 13.7.